The summed E-state index contributed by atoms with van der Waals surface area (Å²) in [6.45, 7) is 1.98. The first-order chi connectivity index (χ1) is 7.47. The maximum Gasteiger partial charge on any atom is 0.335 e. The van der Waals surface area contributed by atoms with E-state index in [9.17, 15) is 9.90 Å². The zero-order valence-electron chi connectivity index (χ0n) is 8.90. The Balaban J connectivity index is 3.21. The van der Waals surface area contributed by atoms with E-state index in [1.807, 2.05) is 6.92 Å². The Morgan fingerprint density at radius 2 is 2.19 bits per heavy atom. The quantitative estimate of drug-likeness (QED) is 0.795. The van der Waals surface area contributed by atoms with Crippen molar-refractivity contribution < 1.29 is 15.0 Å². The Hall–Kier alpha value is -1.07. The first kappa shape index (κ1) is 13.0. The molecule has 16 heavy (non-hydrogen) atoms. The van der Waals surface area contributed by atoms with Crippen LogP contribution in [-0.2, 0) is 0 Å². The topological polar surface area (TPSA) is 83.6 Å². The van der Waals surface area contributed by atoms with Crippen LogP contribution in [0.5, 0.6) is 5.75 Å². The van der Waals surface area contributed by atoms with E-state index in [0.717, 1.165) is 6.42 Å². The summed E-state index contributed by atoms with van der Waals surface area (Å²) in [5.41, 5.74) is 6.45. The summed E-state index contributed by atoms with van der Waals surface area (Å²) in [6, 6.07) is 2.43. The highest BCUT2D eigenvalue weighted by Crippen LogP contribution is 2.34. The molecule has 4 nitrogen and oxygen atoms in total. The highest BCUT2D eigenvalue weighted by molar-refractivity contribution is 9.10. The Labute approximate surface area is 102 Å². The number of nitrogens with two attached hydrogens (primary N) is 1. The summed E-state index contributed by atoms with van der Waals surface area (Å²) in [5, 5.41) is 18.7. The summed E-state index contributed by atoms with van der Waals surface area (Å²) < 4.78 is 0.356. The van der Waals surface area contributed by atoms with Crippen molar-refractivity contribution in [3.05, 3.63) is 27.7 Å². The van der Waals surface area contributed by atoms with Crippen LogP contribution in [0.3, 0.4) is 0 Å². The molecule has 1 aromatic rings. The van der Waals surface area contributed by atoms with Crippen LogP contribution in [0.25, 0.3) is 0 Å². The van der Waals surface area contributed by atoms with E-state index < -0.39 is 5.97 Å². The van der Waals surface area contributed by atoms with Gasteiger partial charge in [-0.2, -0.15) is 0 Å². The molecule has 0 aromatic heterocycles. The van der Waals surface area contributed by atoms with Crippen LogP contribution >= 0.6 is 15.9 Å². The summed E-state index contributed by atoms with van der Waals surface area (Å²) in [4.78, 5) is 10.9. The van der Waals surface area contributed by atoms with Crippen LogP contribution in [0.15, 0.2) is 16.6 Å². The molecule has 0 fully saturated rings. The number of carbonyl (C=O) groups is 1. The van der Waals surface area contributed by atoms with Crippen molar-refractivity contribution in [2.75, 3.05) is 0 Å². The largest absolute Gasteiger partial charge is 0.506 e. The average molecular weight is 288 g/mol. The van der Waals surface area contributed by atoms with Gasteiger partial charge in [0.25, 0.3) is 0 Å². The second-order valence-corrected chi connectivity index (χ2v) is 4.45. The Bertz CT molecular complexity index is 406. The van der Waals surface area contributed by atoms with Gasteiger partial charge in [-0.15, -0.1) is 0 Å². The van der Waals surface area contributed by atoms with Crippen molar-refractivity contribution in [1.82, 2.24) is 0 Å². The van der Waals surface area contributed by atoms with Crippen LogP contribution in [0.4, 0.5) is 0 Å². The van der Waals surface area contributed by atoms with Gasteiger partial charge in [-0.05, 0) is 34.5 Å². The van der Waals surface area contributed by atoms with Gasteiger partial charge in [0.05, 0.1) is 10.0 Å². The molecule has 0 bridgehead atoms. The molecule has 0 heterocycles. The van der Waals surface area contributed by atoms with Gasteiger partial charge in [0.15, 0.2) is 0 Å². The predicted octanol–water partition coefficient (Wildman–Crippen LogP) is 2.65. The smallest absolute Gasteiger partial charge is 0.335 e. The maximum atomic E-state index is 10.9. The van der Waals surface area contributed by atoms with Gasteiger partial charge in [-0.1, -0.05) is 13.3 Å². The molecule has 1 atom stereocenters. The summed E-state index contributed by atoms with van der Waals surface area (Å²) in [6.07, 6.45) is 1.57. The fourth-order valence-electron chi connectivity index (χ4n) is 1.49. The van der Waals surface area contributed by atoms with Gasteiger partial charge in [0.2, 0.25) is 0 Å². The number of benzene rings is 1. The monoisotopic (exact) mass is 287 g/mol. The molecule has 1 rings (SSSR count). The van der Waals surface area contributed by atoms with Crippen LogP contribution < -0.4 is 5.73 Å². The van der Waals surface area contributed by atoms with Crippen molar-refractivity contribution in [2.45, 2.75) is 25.8 Å². The zero-order chi connectivity index (χ0) is 12.3. The molecule has 0 aliphatic rings. The van der Waals surface area contributed by atoms with Crippen LogP contribution in [0.1, 0.15) is 41.7 Å². The van der Waals surface area contributed by atoms with Crippen molar-refractivity contribution in [2.24, 2.45) is 5.73 Å². The number of hydrogen-bond donors (Lipinski definition) is 3. The predicted molar refractivity (Wildman–Crippen MR) is 64.6 cm³/mol. The van der Waals surface area contributed by atoms with Gasteiger partial charge in [0, 0.05) is 11.6 Å². The highest BCUT2D eigenvalue weighted by atomic mass is 79.9. The number of phenolic OH excluding ortho intramolecular Hbond substituents is 1. The first-order valence-electron chi connectivity index (χ1n) is 4.98. The van der Waals surface area contributed by atoms with Crippen LogP contribution in [0, 0.1) is 0 Å². The number of aromatic carboxylic acids is 1. The lowest BCUT2D eigenvalue weighted by Gasteiger charge is -2.14. The Kier molecular flexibility index (Phi) is 4.32. The van der Waals surface area contributed by atoms with E-state index in [-0.39, 0.29) is 17.4 Å². The third kappa shape index (κ3) is 2.74. The van der Waals surface area contributed by atoms with Gasteiger partial charge >= 0.3 is 5.97 Å². The fraction of sp³-hybridized carbons (Fsp3) is 0.364. The van der Waals surface area contributed by atoms with Crippen molar-refractivity contribution in [3.8, 4) is 5.75 Å². The number of aromatic hydroxyl groups is 1. The third-order valence-corrected chi connectivity index (χ3v) is 2.94. The number of carboxylic acid groups (broad SMARTS) is 1. The molecule has 4 N–H and O–H groups in total. The molecule has 1 aromatic carbocycles. The lowest BCUT2D eigenvalue weighted by Crippen LogP contribution is -2.11. The van der Waals surface area contributed by atoms with Gasteiger partial charge in [-0.25, -0.2) is 4.79 Å². The molecule has 0 spiro atoms. The van der Waals surface area contributed by atoms with Crippen LogP contribution in [0.2, 0.25) is 0 Å². The lowest BCUT2D eigenvalue weighted by molar-refractivity contribution is 0.0696. The van der Waals surface area contributed by atoms with E-state index in [4.69, 9.17) is 10.8 Å². The van der Waals surface area contributed by atoms with E-state index in [1.165, 1.54) is 12.1 Å². The zero-order valence-corrected chi connectivity index (χ0v) is 10.5. The molecule has 0 amide bonds. The molecule has 88 valence electrons. The molecule has 0 aliphatic heterocycles. The van der Waals surface area contributed by atoms with E-state index >= 15 is 0 Å². The molecule has 0 aliphatic carbocycles. The Morgan fingerprint density at radius 1 is 1.56 bits per heavy atom. The third-order valence-electron chi connectivity index (χ3n) is 2.34. The van der Waals surface area contributed by atoms with E-state index in [2.05, 4.69) is 15.9 Å². The van der Waals surface area contributed by atoms with E-state index in [1.54, 1.807) is 0 Å². The van der Waals surface area contributed by atoms with Gasteiger partial charge in [-0.3, -0.25) is 0 Å². The van der Waals surface area contributed by atoms with Crippen LogP contribution in [-0.4, -0.2) is 16.2 Å². The van der Waals surface area contributed by atoms with Crippen molar-refractivity contribution in [1.29, 1.82) is 0 Å². The molecular formula is C11H14BrNO3. The fourth-order valence-corrected chi connectivity index (χ4v) is 1.97. The Morgan fingerprint density at radius 3 is 2.69 bits per heavy atom. The van der Waals surface area contributed by atoms with Gasteiger partial charge in [0.1, 0.15) is 5.75 Å². The van der Waals surface area contributed by atoms with E-state index in [0.29, 0.717) is 16.5 Å². The average Bonchev–Trinajstić information content (AvgIpc) is 2.21. The lowest BCUT2D eigenvalue weighted by atomic mass is 10.00. The summed E-state index contributed by atoms with van der Waals surface area (Å²) >= 11 is 3.12. The number of phenols is 1. The molecule has 0 saturated heterocycles. The molecular weight excluding hydrogens is 274 g/mol. The second-order valence-electron chi connectivity index (χ2n) is 3.60. The number of hydrogen-bond acceptors (Lipinski definition) is 3. The van der Waals surface area contributed by atoms with Crippen molar-refractivity contribution >= 4 is 21.9 Å². The standard InChI is InChI=1S/C11H14BrNO3/c1-2-3-9(13)7-4-6(11(15)16)5-8(12)10(7)14/h4-5,9,14H,2-3,13H2,1H3,(H,15,16)/t9-/m1/s1. The summed E-state index contributed by atoms with van der Waals surface area (Å²) in [7, 11) is 0. The number of halogens is 1. The molecule has 0 saturated carbocycles. The molecule has 5 heteroatoms. The molecule has 0 radical (unpaired) electrons. The number of rotatable bonds is 4. The maximum absolute atomic E-state index is 10.9. The second kappa shape index (κ2) is 5.32. The normalized spacial score (nSPS) is 12.4. The number of carboxylic acids is 1. The van der Waals surface area contributed by atoms with Gasteiger partial charge < -0.3 is 15.9 Å². The molecule has 0 unspecified atom stereocenters. The SMILES string of the molecule is CCC[C@@H](N)c1cc(C(=O)O)cc(Br)c1O. The minimum absolute atomic E-state index is 0.0194. The minimum atomic E-state index is -1.04. The van der Waals surface area contributed by atoms with Crippen molar-refractivity contribution in [3.63, 3.8) is 0 Å². The first-order valence-corrected chi connectivity index (χ1v) is 5.78. The summed E-state index contributed by atoms with van der Waals surface area (Å²) in [5.74, 6) is -1.02. The minimum Gasteiger partial charge on any atom is -0.506 e. The highest BCUT2D eigenvalue weighted by Gasteiger charge is 2.16.